The van der Waals surface area contributed by atoms with Gasteiger partial charge in [-0.3, -0.25) is 4.21 Å². The van der Waals surface area contributed by atoms with E-state index < -0.39 is 10.8 Å². The lowest BCUT2D eigenvalue weighted by Crippen LogP contribution is -2.45. The fraction of sp³-hybridized carbons (Fsp3) is 0.571. The van der Waals surface area contributed by atoms with Gasteiger partial charge in [0.15, 0.2) is 0 Å². The van der Waals surface area contributed by atoms with Crippen LogP contribution in [0, 0.1) is 0 Å². The normalized spacial score (nSPS) is 25.1. The van der Waals surface area contributed by atoms with Gasteiger partial charge < -0.3 is 10.1 Å². The quantitative estimate of drug-likeness (QED) is 0.893. The molecule has 1 aromatic carbocycles. The molecule has 1 aliphatic rings. The summed E-state index contributed by atoms with van der Waals surface area (Å²) in [4.78, 5) is 0. The molecular formula is C14H21NO2S. The van der Waals surface area contributed by atoms with Crippen molar-refractivity contribution in [1.82, 2.24) is 5.32 Å². The van der Waals surface area contributed by atoms with Crippen molar-refractivity contribution in [3.05, 3.63) is 29.8 Å². The number of hydrogen-bond acceptors (Lipinski definition) is 3. The SMILES string of the molecule is CNC1c2ccccc2OCC1S(=O)C(C)(C)C. The Balaban J connectivity index is 2.34. The van der Waals surface area contributed by atoms with Crippen molar-refractivity contribution < 1.29 is 8.95 Å². The predicted molar refractivity (Wildman–Crippen MR) is 75.4 cm³/mol. The monoisotopic (exact) mass is 267 g/mol. The Kier molecular flexibility index (Phi) is 3.78. The zero-order valence-electron chi connectivity index (χ0n) is 11.4. The van der Waals surface area contributed by atoms with Crippen LogP contribution in [0.2, 0.25) is 0 Å². The summed E-state index contributed by atoms with van der Waals surface area (Å²) in [6.45, 7) is 6.54. The third kappa shape index (κ3) is 2.45. The van der Waals surface area contributed by atoms with Gasteiger partial charge >= 0.3 is 0 Å². The first-order valence-corrected chi connectivity index (χ1v) is 7.46. The van der Waals surface area contributed by atoms with Crippen LogP contribution >= 0.6 is 0 Å². The number of nitrogens with one attached hydrogen (secondary N) is 1. The second-order valence-electron chi connectivity index (χ2n) is 5.56. The maximum Gasteiger partial charge on any atom is 0.124 e. The van der Waals surface area contributed by atoms with Gasteiger partial charge in [0.2, 0.25) is 0 Å². The van der Waals surface area contributed by atoms with Crippen LogP contribution in [0.25, 0.3) is 0 Å². The van der Waals surface area contributed by atoms with Crippen molar-refractivity contribution in [2.45, 2.75) is 36.8 Å². The fourth-order valence-corrected chi connectivity index (χ4v) is 3.95. The van der Waals surface area contributed by atoms with E-state index in [4.69, 9.17) is 4.74 Å². The molecule has 0 fully saturated rings. The molecule has 0 aliphatic carbocycles. The molecule has 3 atom stereocenters. The van der Waals surface area contributed by atoms with Crippen molar-refractivity contribution in [1.29, 1.82) is 0 Å². The molecule has 0 radical (unpaired) electrons. The Labute approximate surface area is 111 Å². The van der Waals surface area contributed by atoms with Gasteiger partial charge in [0.1, 0.15) is 12.4 Å². The van der Waals surface area contributed by atoms with Gasteiger partial charge in [-0.1, -0.05) is 18.2 Å². The maximum atomic E-state index is 12.6. The Morgan fingerprint density at radius 2 is 2.00 bits per heavy atom. The first-order valence-electron chi connectivity index (χ1n) is 6.25. The van der Waals surface area contributed by atoms with Crippen LogP contribution < -0.4 is 10.1 Å². The standard InChI is InChI=1S/C14H21NO2S/c1-14(2,3)18(16)12-9-17-11-8-6-5-7-10(11)13(12)15-4/h5-8,12-13,15H,9H2,1-4H3. The second kappa shape index (κ2) is 5.02. The van der Waals surface area contributed by atoms with Gasteiger partial charge in [0.25, 0.3) is 0 Å². The lowest BCUT2D eigenvalue weighted by atomic mass is 10.0. The van der Waals surface area contributed by atoms with E-state index in [2.05, 4.69) is 5.32 Å². The van der Waals surface area contributed by atoms with Gasteiger partial charge in [-0.2, -0.15) is 0 Å². The molecule has 3 unspecified atom stereocenters. The molecule has 1 N–H and O–H groups in total. The molecule has 100 valence electrons. The maximum absolute atomic E-state index is 12.6. The molecule has 18 heavy (non-hydrogen) atoms. The van der Waals surface area contributed by atoms with E-state index in [1.54, 1.807) is 0 Å². The molecule has 3 nitrogen and oxygen atoms in total. The van der Waals surface area contributed by atoms with Gasteiger partial charge in [0.05, 0.1) is 11.3 Å². The Morgan fingerprint density at radius 1 is 1.33 bits per heavy atom. The molecule has 2 rings (SSSR count). The molecule has 0 spiro atoms. The number of rotatable bonds is 2. The molecular weight excluding hydrogens is 246 g/mol. The number of fused-ring (bicyclic) bond motifs is 1. The van der Waals surface area contributed by atoms with Crippen molar-refractivity contribution in [3.63, 3.8) is 0 Å². The molecule has 0 amide bonds. The summed E-state index contributed by atoms with van der Waals surface area (Å²) in [5, 5.41) is 3.28. The van der Waals surface area contributed by atoms with E-state index in [-0.39, 0.29) is 16.0 Å². The zero-order valence-corrected chi connectivity index (χ0v) is 12.2. The van der Waals surface area contributed by atoms with Gasteiger partial charge in [-0.15, -0.1) is 0 Å². The van der Waals surface area contributed by atoms with Crippen LogP contribution in [0.4, 0.5) is 0 Å². The minimum absolute atomic E-state index is 0.00935. The summed E-state index contributed by atoms with van der Waals surface area (Å²) < 4.78 is 18.1. The summed E-state index contributed by atoms with van der Waals surface area (Å²) >= 11 is 0. The van der Waals surface area contributed by atoms with Crippen LogP contribution in [-0.2, 0) is 10.8 Å². The van der Waals surface area contributed by atoms with E-state index in [0.29, 0.717) is 6.61 Å². The Morgan fingerprint density at radius 3 is 2.61 bits per heavy atom. The first-order chi connectivity index (χ1) is 8.45. The first kappa shape index (κ1) is 13.6. The highest BCUT2D eigenvalue weighted by Gasteiger charge is 2.38. The fourth-order valence-electron chi connectivity index (χ4n) is 2.32. The summed E-state index contributed by atoms with van der Waals surface area (Å²) in [5.41, 5.74) is 1.11. The molecule has 0 bridgehead atoms. The number of hydrogen-bond donors (Lipinski definition) is 1. The number of para-hydroxylation sites is 1. The van der Waals surface area contributed by atoms with E-state index in [1.165, 1.54) is 0 Å². The lowest BCUT2D eigenvalue weighted by Gasteiger charge is -2.36. The molecule has 1 aliphatic heterocycles. The Bertz CT molecular complexity index is 453. The third-order valence-electron chi connectivity index (χ3n) is 3.22. The highest BCUT2D eigenvalue weighted by atomic mass is 32.2. The van der Waals surface area contributed by atoms with Crippen LogP contribution in [0.5, 0.6) is 5.75 Å². The number of benzene rings is 1. The molecule has 4 heteroatoms. The average Bonchev–Trinajstić information content (AvgIpc) is 2.35. The topological polar surface area (TPSA) is 38.3 Å². The van der Waals surface area contributed by atoms with E-state index >= 15 is 0 Å². The summed E-state index contributed by atoms with van der Waals surface area (Å²) in [7, 11) is 0.968. The molecule has 0 aromatic heterocycles. The van der Waals surface area contributed by atoms with Gasteiger partial charge in [-0.05, 0) is 33.9 Å². The van der Waals surface area contributed by atoms with E-state index in [0.717, 1.165) is 11.3 Å². The lowest BCUT2D eigenvalue weighted by molar-refractivity contribution is 0.261. The second-order valence-corrected chi connectivity index (χ2v) is 7.99. The van der Waals surface area contributed by atoms with Crippen molar-refractivity contribution in [2.75, 3.05) is 13.7 Å². The minimum atomic E-state index is -0.948. The van der Waals surface area contributed by atoms with Crippen LogP contribution in [0.15, 0.2) is 24.3 Å². The van der Waals surface area contributed by atoms with Crippen molar-refractivity contribution in [3.8, 4) is 5.75 Å². The zero-order chi connectivity index (χ0) is 13.3. The van der Waals surface area contributed by atoms with E-state index in [9.17, 15) is 4.21 Å². The highest BCUT2D eigenvalue weighted by Crippen LogP contribution is 2.35. The van der Waals surface area contributed by atoms with Gasteiger partial charge in [0, 0.05) is 21.1 Å². The third-order valence-corrected chi connectivity index (χ3v) is 5.38. The summed E-state index contributed by atoms with van der Waals surface area (Å²) in [6, 6.07) is 8.06. The van der Waals surface area contributed by atoms with E-state index in [1.807, 2.05) is 52.1 Å². The van der Waals surface area contributed by atoms with Gasteiger partial charge in [-0.25, -0.2) is 0 Å². The van der Waals surface area contributed by atoms with Crippen molar-refractivity contribution in [2.24, 2.45) is 0 Å². The Hall–Kier alpha value is -0.870. The molecule has 0 saturated heterocycles. The highest BCUT2D eigenvalue weighted by molar-refractivity contribution is 7.87. The summed E-state index contributed by atoms with van der Waals surface area (Å²) in [6.07, 6.45) is 0. The minimum Gasteiger partial charge on any atom is -0.492 e. The largest absolute Gasteiger partial charge is 0.492 e. The smallest absolute Gasteiger partial charge is 0.124 e. The predicted octanol–water partition coefficient (Wildman–Crippen LogP) is 2.26. The number of ether oxygens (including phenoxy) is 1. The van der Waals surface area contributed by atoms with Crippen LogP contribution in [0.1, 0.15) is 32.4 Å². The summed E-state index contributed by atoms with van der Waals surface area (Å²) in [5.74, 6) is 0.902. The van der Waals surface area contributed by atoms with Crippen LogP contribution in [-0.4, -0.2) is 27.9 Å². The van der Waals surface area contributed by atoms with Crippen molar-refractivity contribution >= 4 is 10.8 Å². The average molecular weight is 267 g/mol. The molecule has 0 saturated carbocycles. The molecule has 1 aromatic rings. The molecule has 1 heterocycles. The van der Waals surface area contributed by atoms with Crippen LogP contribution in [0.3, 0.4) is 0 Å².